The minimum absolute atomic E-state index is 0.260. The van der Waals surface area contributed by atoms with Crippen molar-refractivity contribution in [2.24, 2.45) is 0 Å². The van der Waals surface area contributed by atoms with Crippen molar-refractivity contribution in [1.29, 1.82) is 0 Å². The third-order valence-electron chi connectivity index (χ3n) is 3.38. The minimum Gasteiger partial charge on any atom is -0.516 e. The topological polar surface area (TPSA) is 63.6 Å². The van der Waals surface area contributed by atoms with E-state index in [2.05, 4.69) is 20.8 Å². The van der Waals surface area contributed by atoms with Gasteiger partial charge in [-0.2, -0.15) is 0 Å². The monoisotopic (exact) mass is 300 g/mol. The Hall–Kier alpha value is -1.10. The lowest BCUT2D eigenvalue weighted by Crippen LogP contribution is -2.40. The summed E-state index contributed by atoms with van der Waals surface area (Å²) < 4.78 is 5.88. The first-order valence-electron chi connectivity index (χ1n) is 7.55. The van der Waals surface area contributed by atoms with Crippen molar-refractivity contribution in [2.45, 2.75) is 71.5 Å². The largest absolute Gasteiger partial charge is 0.516 e. The second kappa shape index (κ2) is 9.75. The van der Waals surface area contributed by atoms with E-state index in [1.165, 1.54) is 0 Å². The highest BCUT2D eigenvalue weighted by Crippen LogP contribution is 2.28. The molecule has 0 amide bonds. The number of allylic oxidation sites excluding steroid dienone is 1. The van der Waals surface area contributed by atoms with Crippen molar-refractivity contribution in [3.05, 3.63) is 11.6 Å². The van der Waals surface area contributed by atoms with Gasteiger partial charge in [-0.3, -0.25) is 4.79 Å². The number of carbonyl (C=O) groups is 2. The average Bonchev–Trinajstić information content (AvgIpc) is 2.36. The van der Waals surface area contributed by atoms with Gasteiger partial charge in [0.1, 0.15) is 0 Å². The van der Waals surface area contributed by atoms with Crippen LogP contribution in [0.25, 0.3) is 0 Å². The maximum atomic E-state index is 12.2. The summed E-state index contributed by atoms with van der Waals surface area (Å²) in [4.78, 5) is 23.0. The van der Waals surface area contributed by atoms with E-state index in [0.29, 0.717) is 0 Å². The zero-order chi connectivity index (χ0) is 15.6. The van der Waals surface area contributed by atoms with E-state index in [9.17, 15) is 9.59 Å². The second-order valence-corrected chi connectivity index (χ2v) is 9.28. The molecule has 0 rings (SSSR count). The fourth-order valence-electron chi connectivity index (χ4n) is 2.61. The molecule has 0 atom stereocenters. The Morgan fingerprint density at radius 1 is 1.05 bits per heavy atom. The molecule has 116 valence electrons. The molecule has 0 aliphatic rings. The van der Waals surface area contributed by atoms with Crippen LogP contribution in [0.15, 0.2) is 11.6 Å². The molecule has 0 bridgehead atoms. The van der Waals surface area contributed by atoms with Crippen molar-refractivity contribution < 1.29 is 19.1 Å². The second-order valence-electron chi connectivity index (χ2n) is 5.21. The molecule has 5 heteroatoms. The highest BCUT2D eigenvalue weighted by atomic mass is 28.4. The van der Waals surface area contributed by atoms with Gasteiger partial charge in [-0.1, -0.05) is 46.1 Å². The Kier molecular flexibility index (Phi) is 9.21. The number of aliphatic carboxylic acids is 1. The molecular formula is C15H28O4Si. The highest BCUT2D eigenvalue weighted by Gasteiger charge is 2.36. The summed E-state index contributed by atoms with van der Waals surface area (Å²) in [5.74, 6) is -1.42. The number of carbonyl (C=O) groups excluding carboxylic acids is 1. The normalized spacial score (nSPS) is 12.3. The third kappa shape index (κ3) is 6.37. The maximum Gasteiger partial charge on any atom is 0.320 e. The summed E-state index contributed by atoms with van der Waals surface area (Å²) in [5.41, 5.74) is 0.262. The van der Waals surface area contributed by atoms with Crippen molar-refractivity contribution in [3.63, 3.8) is 0 Å². The van der Waals surface area contributed by atoms with Crippen LogP contribution in [-0.4, -0.2) is 25.4 Å². The van der Waals surface area contributed by atoms with Gasteiger partial charge in [0.15, 0.2) is 0 Å². The van der Waals surface area contributed by atoms with Crippen molar-refractivity contribution in [1.82, 2.24) is 0 Å². The fourth-order valence-corrected chi connectivity index (χ4v) is 6.93. The summed E-state index contributed by atoms with van der Waals surface area (Å²) in [6.07, 6.45) is 4.31. The molecule has 0 heterocycles. The van der Waals surface area contributed by atoms with Crippen LogP contribution in [0.2, 0.25) is 18.1 Å². The van der Waals surface area contributed by atoms with E-state index >= 15 is 0 Å². The molecule has 0 spiro atoms. The first-order chi connectivity index (χ1) is 9.44. The predicted octanol–water partition coefficient (Wildman–Crippen LogP) is 4.13. The molecule has 4 nitrogen and oxygen atoms in total. The fraction of sp³-hybridized carbons (Fsp3) is 0.733. The molecule has 0 fully saturated rings. The van der Waals surface area contributed by atoms with E-state index in [1.54, 1.807) is 13.0 Å². The van der Waals surface area contributed by atoms with Gasteiger partial charge in [-0.25, -0.2) is 4.79 Å². The molecular weight excluding hydrogens is 272 g/mol. The maximum absolute atomic E-state index is 12.2. The Bertz CT molecular complexity index is 333. The summed E-state index contributed by atoms with van der Waals surface area (Å²) in [6.45, 7) is 8.00. The van der Waals surface area contributed by atoms with Gasteiger partial charge in [0, 0.05) is 5.57 Å². The summed E-state index contributed by atoms with van der Waals surface area (Å²) in [7, 11) is -2.07. The first-order valence-corrected chi connectivity index (χ1v) is 10.1. The molecule has 0 saturated carbocycles. The van der Waals surface area contributed by atoms with Crippen LogP contribution in [0.4, 0.5) is 0 Å². The average molecular weight is 300 g/mol. The van der Waals surface area contributed by atoms with Gasteiger partial charge in [-0.15, -0.1) is 0 Å². The first kappa shape index (κ1) is 18.9. The lowest BCUT2D eigenvalue weighted by Gasteiger charge is -2.30. The number of hydrogen-bond acceptors (Lipinski definition) is 3. The minimum atomic E-state index is -2.07. The van der Waals surface area contributed by atoms with Gasteiger partial charge in [0.05, 0.1) is 6.42 Å². The van der Waals surface area contributed by atoms with Crippen molar-refractivity contribution >= 4 is 20.3 Å². The van der Waals surface area contributed by atoms with Crippen LogP contribution >= 0.6 is 0 Å². The van der Waals surface area contributed by atoms with Gasteiger partial charge < -0.3 is 9.53 Å². The summed E-state index contributed by atoms with van der Waals surface area (Å²) in [6, 6.07) is 2.89. The molecule has 0 radical (unpaired) electrons. The molecule has 0 unspecified atom stereocenters. The zero-order valence-electron chi connectivity index (χ0n) is 13.2. The lowest BCUT2D eigenvalue weighted by molar-refractivity contribution is -0.139. The van der Waals surface area contributed by atoms with Gasteiger partial charge in [0.25, 0.3) is 8.32 Å². The molecule has 0 aliphatic heterocycles. The Balaban J connectivity index is 5.02. The van der Waals surface area contributed by atoms with E-state index in [4.69, 9.17) is 9.53 Å². The van der Waals surface area contributed by atoms with Crippen molar-refractivity contribution in [3.8, 4) is 0 Å². The third-order valence-corrected chi connectivity index (χ3v) is 8.23. The van der Waals surface area contributed by atoms with Crippen LogP contribution in [0.1, 0.15) is 53.4 Å². The SMILES string of the molecule is CC=C(CC(=O)O)C(=O)O[Si](CCC)(CCC)CCC. The Labute approximate surface area is 123 Å². The summed E-state index contributed by atoms with van der Waals surface area (Å²) >= 11 is 0. The van der Waals surface area contributed by atoms with Crippen molar-refractivity contribution in [2.75, 3.05) is 0 Å². The van der Waals surface area contributed by atoms with E-state index in [0.717, 1.165) is 37.4 Å². The number of carboxylic acid groups (broad SMARTS) is 1. The van der Waals surface area contributed by atoms with E-state index in [-0.39, 0.29) is 12.0 Å². The Morgan fingerprint density at radius 2 is 1.50 bits per heavy atom. The van der Waals surface area contributed by atoms with Crippen LogP contribution < -0.4 is 0 Å². The lowest BCUT2D eigenvalue weighted by atomic mass is 10.2. The molecule has 0 aromatic heterocycles. The standard InChI is InChI=1S/C15H28O4Si/c1-5-9-20(10-6-2,11-7-3)19-15(18)13(8-4)12-14(16)17/h8H,5-7,9-12H2,1-4H3,(H,16,17). The number of rotatable bonds is 10. The van der Waals surface area contributed by atoms with Gasteiger partial charge >= 0.3 is 11.9 Å². The van der Waals surface area contributed by atoms with Crippen LogP contribution in [0.5, 0.6) is 0 Å². The highest BCUT2D eigenvalue weighted by molar-refractivity contribution is 6.75. The smallest absolute Gasteiger partial charge is 0.320 e. The van der Waals surface area contributed by atoms with Gasteiger partial charge in [-0.05, 0) is 25.1 Å². The van der Waals surface area contributed by atoms with Crippen LogP contribution in [0, 0.1) is 0 Å². The Morgan fingerprint density at radius 3 is 1.80 bits per heavy atom. The van der Waals surface area contributed by atoms with E-state index < -0.39 is 20.3 Å². The van der Waals surface area contributed by atoms with E-state index in [1.807, 2.05) is 0 Å². The quantitative estimate of drug-likeness (QED) is 0.487. The molecule has 0 aromatic carbocycles. The van der Waals surface area contributed by atoms with Crippen LogP contribution in [-0.2, 0) is 14.0 Å². The van der Waals surface area contributed by atoms with Crippen LogP contribution in [0.3, 0.4) is 0 Å². The molecule has 1 N–H and O–H groups in total. The molecule has 20 heavy (non-hydrogen) atoms. The molecule has 0 saturated heterocycles. The molecule has 0 aromatic rings. The zero-order valence-corrected chi connectivity index (χ0v) is 14.2. The van der Waals surface area contributed by atoms with Gasteiger partial charge in [0.2, 0.25) is 0 Å². The predicted molar refractivity (Wildman–Crippen MR) is 83.1 cm³/mol. The number of carboxylic acids is 1. The molecule has 0 aliphatic carbocycles. The summed E-state index contributed by atoms with van der Waals surface area (Å²) in [5, 5.41) is 8.84. The number of hydrogen-bond donors (Lipinski definition) is 1.